The van der Waals surface area contributed by atoms with E-state index < -0.39 is 0 Å². The van der Waals surface area contributed by atoms with Crippen LogP contribution in [-0.2, 0) is 0 Å². The summed E-state index contributed by atoms with van der Waals surface area (Å²) >= 11 is 0. The third-order valence-electron chi connectivity index (χ3n) is 2.20. The topological polar surface area (TPSA) is 48.5 Å². The van der Waals surface area contributed by atoms with Gasteiger partial charge in [0, 0.05) is 31.7 Å². The lowest BCUT2D eigenvalue weighted by Gasteiger charge is -2.21. The number of rotatable bonds is 7. The van der Waals surface area contributed by atoms with Crippen molar-refractivity contribution >= 4 is 5.96 Å². The molecule has 0 unspecified atom stereocenters. The van der Waals surface area contributed by atoms with Crippen LogP contribution in [0.25, 0.3) is 0 Å². The summed E-state index contributed by atoms with van der Waals surface area (Å²) in [4.78, 5) is 4.50. The van der Waals surface area contributed by atoms with Gasteiger partial charge in [-0.25, -0.2) is 0 Å². The van der Waals surface area contributed by atoms with Crippen molar-refractivity contribution in [3.63, 3.8) is 0 Å². The van der Waals surface area contributed by atoms with Gasteiger partial charge in [0.15, 0.2) is 5.96 Å². The summed E-state index contributed by atoms with van der Waals surface area (Å²) in [6.07, 6.45) is 2.34. The molecule has 0 saturated carbocycles. The van der Waals surface area contributed by atoms with Gasteiger partial charge in [0.25, 0.3) is 0 Å². The molecule has 0 heterocycles. The van der Waals surface area contributed by atoms with Crippen LogP contribution in [0.1, 0.15) is 47.5 Å². The highest BCUT2D eigenvalue weighted by molar-refractivity contribution is 5.79. The zero-order valence-electron chi connectivity index (χ0n) is 12.2. The predicted octanol–water partition coefficient (Wildman–Crippen LogP) is 1.73. The Labute approximate surface area is 107 Å². The average molecular weight is 242 g/mol. The summed E-state index contributed by atoms with van der Waals surface area (Å²) < 4.78 is 0. The quantitative estimate of drug-likeness (QED) is 0.362. The van der Waals surface area contributed by atoms with Crippen LogP contribution in [0.15, 0.2) is 4.99 Å². The normalized spacial score (nSPS) is 12.6. The molecule has 0 aromatic carbocycles. The van der Waals surface area contributed by atoms with Crippen LogP contribution >= 0.6 is 0 Å². The van der Waals surface area contributed by atoms with Gasteiger partial charge in [-0.15, -0.1) is 0 Å². The van der Waals surface area contributed by atoms with Gasteiger partial charge in [0.2, 0.25) is 0 Å². The van der Waals surface area contributed by atoms with E-state index in [1.165, 1.54) is 6.42 Å². The van der Waals surface area contributed by atoms with E-state index in [-0.39, 0.29) is 5.54 Å². The molecule has 0 fully saturated rings. The SMILES string of the molecule is CCCCN=C(NCC)NCCNC(C)(C)C. The molecule has 17 heavy (non-hydrogen) atoms. The van der Waals surface area contributed by atoms with Gasteiger partial charge in [-0.1, -0.05) is 13.3 Å². The van der Waals surface area contributed by atoms with Crippen LogP contribution in [0.4, 0.5) is 0 Å². The molecule has 0 amide bonds. The molecule has 0 radical (unpaired) electrons. The second-order valence-electron chi connectivity index (χ2n) is 5.22. The second kappa shape index (κ2) is 9.28. The monoisotopic (exact) mass is 242 g/mol. The molecule has 0 atom stereocenters. The van der Waals surface area contributed by atoms with Crippen molar-refractivity contribution in [2.75, 3.05) is 26.2 Å². The van der Waals surface area contributed by atoms with Gasteiger partial charge in [0.05, 0.1) is 0 Å². The van der Waals surface area contributed by atoms with Gasteiger partial charge in [-0.3, -0.25) is 4.99 Å². The van der Waals surface area contributed by atoms with Gasteiger partial charge in [0.1, 0.15) is 0 Å². The number of aliphatic imine (C=N–C) groups is 1. The zero-order chi connectivity index (χ0) is 13.1. The van der Waals surface area contributed by atoms with Crippen molar-refractivity contribution in [2.24, 2.45) is 4.99 Å². The van der Waals surface area contributed by atoms with Crippen LogP contribution in [0.2, 0.25) is 0 Å². The van der Waals surface area contributed by atoms with E-state index in [0.29, 0.717) is 0 Å². The molecule has 0 spiro atoms. The molecule has 4 heteroatoms. The highest BCUT2D eigenvalue weighted by atomic mass is 15.2. The van der Waals surface area contributed by atoms with Crippen molar-refractivity contribution in [3.05, 3.63) is 0 Å². The van der Waals surface area contributed by atoms with Crippen molar-refractivity contribution in [2.45, 2.75) is 53.0 Å². The smallest absolute Gasteiger partial charge is 0.191 e. The molecule has 0 aliphatic heterocycles. The number of hydrogen-bond donors (Lipinski definition) is 3. The van der Waals surface area contributed by atoms with E-state index in [2.05, 4.69) is 55.6 Å². The lowest BCUT2D eigenvalue weighted by Crippen LogP contribution is -2.44. The number of nitrogens with one attached hydrogen (secondary N) is 3. The maximum Gasteiger partial charge on any atom is 0.191 e. The fraction of sp³-hybridized carbons (Fsp3) is 0.923. The number of nitrogens with zero attached hydrogens (tertiary/aromatic N) is 1. The molecule has 0 saturated heterocycles. The predicted molar refractivity (Wildman–Crippen MR) is 76.6 cm³/mol. The van der Waals surface area contributed by atoms with Crippen molar-refractivity contribution in [1.82, 2.24) is 16.0 Å². The van der Waals surface area contributed by atoms with Crippen molar-refractivity contribution in [3.8, 4) is 0 Å². The first-order chi connectivity index (χ1) is 7.99. The van der Waals surface area contributed by atoms with E-state index in [9.17, 15) is 0 Å². The third-order valence-corrected chi connectivity index (χ3v) is 2.20. The Morgan fingerprint density at radius 3 is 2.29 bits per heavy atom. The molecular formula is C13H30N4. The molecule has 3 N–H and O–H groups in total. The molecule has 0 aromatic heterocycles. The summed E-state index contributed by atoms with van der Waals surface area (Å²) in [6.45, 7) is 14.4. The summed E-state index contributed by atoms with van der Waals surface area (Å²) in [5.41, 5.74) is 0.180. The van der Waals surface area contributed by atoms with E-state index in [1.54, 1.807) is 0 Å². The molecular weight excluding hydrogens is 212 g/mol. The minimum Gasteiger partial charge on any atom is -0.357 e. The summed E-state index contributed by atoms with van der Waals surface area (Å²) in [5, 5.41) is 10.0. The highest BCUT2D eigenvalue weighted by Gasteiger charge is 2.07. The van der Waals surface area contributed by atoms with Crippen molar-refractivity contribution in [1.29, 1.82) is 0 Å². The van der Waals surface area contributed by atoms with Gasteiger partial charge in [-0.2, -0.15) is 0 Å². The van der Waals surface area contributed by atoms with E-state index in [0.717, 1.165) is 38.6 Å². The van der Waals surface area contributed by atoms with Crippen LogP contribution in [0.3, 0.4) is 0 Å². The molecule has 0 aliphatic carbocycles. The van der Waals surface area contributed by atoms with Gasteiger partial charge < -0.3 is 16.0 Å². The van der Waals surface area contributed by atoms with E-state index in [4.69, 9.17) is 0 Å². The first kappa shape index (κ1) is 16.2. The summed E-state index contributed by atoms with van der Waals surface area (Å²) in [7, 11) is 0. The molecule has 0 aromatic rings. The lowest BCUT2D eigenvalue weighted by molar-refractivity contribution is 0.428. The largest absolute Gasteiger partial charge is 0.357 e. The Morgan fingerprint density at radius 1 is 1.06 bits per heavy atom. The van der Waals surface area contributed by atoms with Gasteiger partial charge >= 0.3 is 0 Å². The van der Waals surface area contributed by atoms with E-state index in [1.807, 2.05) is 0 Å². The Morgan fingerprint density at radius 2 is 1.76 bits per heavy atom. The van der Waals surface area contributed by atoms with E-state index >= 15 is 0 Å². The van der Waals surface area contributed by atoms with Crippen LogP contribution < -0.4 is 16.0 Å². The standard InChI is InChI=1S/C13H30N4/c1-6-8-9-15-12(14-7-2)16-10-11-17-13(3,4)5/h17H,6-11H2,1-5H3,(H2,14,15,16). The third kappa shape index (κ3) is 11.5. The zero-order valence-corrected chi connectivity index (χ0v) is 12.2. The number of hydrogen-bond acceptors (Lipinski definition) is 2. The lowest BCUT2D eigenvalue weighted by atomic mass is 10.1. The fourth-order valence-electron chi connectivity index (χ4n) is 1.31. The second-order valence-corrected chi connectivity index (χ2v) is 5.22. The Balaban J connectivity index is 3.80. The Bertz CT molecular complexity index is 206. The molecule has 102 valence electrons. The summed E-state index contributed by atoms with van der Waals surface area (Å²) in [6, 6.07) is 0. The average Bonchev–Trinajstić information content (AvgIpc) is 2.23. The van der Waals surface area contributed by atoms with Crippen LogP contribution in [-0.4, -0.2) is 37.7 Å². The minimum absolute atomic E-state index is 0.180. The minimum atomic E-state index is 0.180. The Hall–Kier alpha value is -0.770. The fourth-order valence-corrected chi connectivity index (χ4v) is 1.31. The van der Waals surface area contributed by atoms with Crippen molar-refractivity contribution < 1.29 is 0 Å². The maximum atomic E-state index is 4.50. The first-order valence-electron chi connectivity index (χ1n) is 6.76. The highest BCUT2D eigenvalue weighted by Crippen LogP contribution is 1.96. The molecule has 0 aliphatic rings. The van der Waals surface area contributed by atoms with Crippen LogP contribution in [0, 0.1) is 0 Å². The van der Waals surface area contributed by atoms with Gasteiger partial charge in [-0.05, 0) is 34.1 Å². The molecule has 4 nitrogen and oxygen atoms in total. The number of unbranched alkanes of at least 4 members (excludes halogenated alkanes) is 1. The number of guanidine groups is 1. The Kier molecular flexibility index (Phi) is 8.86. The molecule has 0 bridgehead atoms. The molecule has 0 rings (SSSR count). The van der Waals surface area contributed by atoms with Crippen LogP contribution in [0.5, 0.6) is 0 Å². The maximum absolute atomic E-state index is 4.50. The summed E-state index contributed by atoms with van der Waals surface area (Å²) in [5.74, 6) is 0.927. The first-order valence-corrected chi connectivity index (χ1v) is 6.76.